The van der Waals surface area contributed by atoms with Gasteiger partial charge < -0.3 is 10.1 Å². The van der Waals surface area contributed by atoms with Crippen molar-refractivity contribution in [2.45, 2.75) is 26.1 Å². The number of morpholine rings is 1. The maximum absolute atomic E-state index is 10.7. The van der Waals surface area contributed by atoms with Crippen molar-refractivity contribution in [1.82, 2.24) is 5.32 Å². The minimum atomic E-state index is -0.270. The number of carbonyl (C=O) groups is 1. The van der Waals surface area contributed by atoms with Crippen LogP contribution in [0.15, 0.2) is 0 Å². The van der Waals surface area contributed by atoms with Crippen LogP contribution < -0.4 is 5.32 Å². The molecule has 0 saturated carbocycles. The third-order valence-corrected chi connectivity index (χ3v) is 1.37. The summed E-state index contributed by atoms with van der Waals surface area (Å²) in [4.78, 5) is 10.7. The predicted octanol–water partition coefficient (Wildman–Crippen LogP) is -0.0902. The highest BCUT2D eigenvalue weighted by molar-refractivity contribution is 5.80. The van der Waals surface area contributed by atoms with Crippen molar-refractivity contribution in [2.75, 3.05) is 6.54 Å². The molecule has 1 heterocycles. The maximum atomic E-state index is 10.7. The number of ether oxygens (including phenoxy) is 1. The first-order chi connectivity index (χ1) is 4.20. The summed E-state index contributed by atoms with van der Waals surface area (Å²) in [5.41, 5.74) is 0. The van der Waals surface area contributed by atoms with Crippen molar-refractivity contribution in [3.05, 3.63) is 0 Å². The van der Waals surface area contributed by atoms with Gasteiger partial charge >= 0.3 is 0 Å². The van der Waals surface area contributed by atoms with Gasteiger partial charge in [0.25, 0.3) is 0 Å². The standard InChI is InChI=1S/C6H11NO2/c1-4-3-7-6(8)5(2)9-4/h4-5H,3H2,1-2H3,(H,7,8)/t4-,5+/m0/s1. The second kappa shape index (κ2) is 2.35. The quantitative estimate of drug-likeness (QED) is 0.496. The van der Waals surface area contributed by atoms with Crippen molar-refractivity contribution in [1.29, 1.82) is 0 Å². The topological polar surface area (TPSA) is 38.3 Å². The summed E-state index contributed by atoms with van der Waals surface area (Å²) in [7, 11) is 0. The smallest absolute Gasteiger partial charge is 0.248 e. The Labute approximate surface area is 54.4 Å². The number of carbonyl (C=O) groups excluding carboxylic acids is 1. The molecule has 1 aliphatic rings. The zero-order valence-corrected chi connectivity index (χ0v) is 5.68. The van der Waals surface area contributed by atoms with E-state index in [2.05, 4.69) is 5.32 Å². The van der Waals surface area contributed by atoms with Gasteiger partial charge in [-0.3, -0.25) is 4.79 Å². The summed E-state index contributed by atoms with van der Waals surface area (Å²) in [6, 6.07) is 0. The first kappa shape index (κ1) is 6.55. The molecule has 9 heavy (non-hydrogen) atoms. The third kappa shape index (κ3) is 1.42. The van der Waals surface area contributed by atoms with Crippen molar-refractivity contribution < 1.29 is 9.53 Å². The normalized spacial score (nSPS) is 36.0. The van der Waals surface area contributed by atoms with E-state index in [9.17, 15) is 4.79 Å². The summed E-state index contributed by atoms with van der Waals surface area (Å²) in [6.45, 7) is 4.34. The summed E-state index contributed by atoms with van der Waals surface area (Å²) in [5.74, 6) is -0.00639. The largest absolute Gasteiger partial charge is 0.364 e. The van der Waals surface area contributed by atoms with Gasteiger partial charge in [0.05, 0.1) is 6.10 Å². The Bertz CT molecular complexity index is 124. The van der Waals surface area contributed by atoms with Crippen LogP contribution in [0.2, 0.25) is 0 Å². The Morgan fingerprint density at radius 2 is 2.33 bits per heavy atom. The van der Waals surface area contributed by atoms with E-state index >= 15 is 0 Å². The Morgan fingerprint density at radius 3 is 2.78 bits per heavy atom. The van der Waals surface area contributed by atoms with Crippen molar-refractivity contribution in [3.63, 3.8) is 0 Å². The molecule has 0 bridgehead atoms. The van der Waals surface area contributed by atoms with Crippen LogP contribution in [-0.4, -0.2) is 24.7 Å². The molecule has 1 aliphatic heterocycles. The second-order valence-electron chi connectivity index (χ2n) is 2.33. The zero-order valence-electron chi connectivity index (χ0n) is 5.68. The average molecular weight is 129 g/mol. The summed E-state index contributed by atoms with van der Waals surface area (Å²) >= 11 is 0. The minimum Gasteiger partial charge on any atom is -0.364 e. The molecule has 0 aromatic heterocycles. The highest BCUT2D eigenvalue weighted by Crippen LogP contribution is 2.01. The molecule has 1 saturated heterocycles. The predicted molar refractivity (Wildman–Crippen MR) is 33.0 cm³/mol. The molecule has 0 aromatic carbocycles. The first-order valence-electron chi connectivity index (χ1n) is 3.13. The molecule has 0 unspecified atom stereocenters. The van der Waals surface area contributed by atoms with E-state index in [1.165, 1.54) is 0 Å². The Kier molecular flexibility index (Phi) is 1.71. The van der Waals surface area contributed by atoms with E-state index in [0.29, 0.717) is 6.54 Å². The second-order valence-corrected chi connectivity index (χ2v) is 2.33. The molecule has 2 atom stereocenters. The fraction of sp³-hybridized carbons (Fsp3) is 0.833. The van der Waals surface area contributed by atoms with E-state index in [-0.39, 0.29) is 18.1 Å². The average Bonchev–Trinajstić information content (AvgIpc) is 1.80. The SMILES string of the molecule is C[C@H]1CNC(=O)[C@@H](C)O1. The Balaban J connectivity index is 2.44. The number of rotatable bonds is 0. The Hall–Kier alpha value is -0.570. The van der Waals surface area contributed by atoms with Gasteiger partial charge in [-0.05, 0) is 13.8 Å². The molecule has 1 amide bonds. The molecule has 1 fully saturated rings. The van der Waals surface area contributed by atoms with Gasteiger partial charge in [0.15, 0.2) is 0 Å². The Morgan fingerprint density at radius 1 is 1.67 bits per heavy atom. The third-order valence-electron chi connectivity index (χ3n) is 1.37. The van der Waals surface area contributed by atoms with Gasteiger partial charge in [-0.15, -0.1) is 0 Å². The fourth-order valence-corrected chi connectivity index (χ4v) is 0.846. The molecule has 3 nitrogen and oxygen atoms in total. The van der Waals surface area contributed by atoms with Crippen LogP contribution in [0.1, 0.15) is 13.8 Å². The van der Waals surface area contributed by atoms with E-state index < -0.39 is 0 Å². The van der Waals surface area contributed by atoms with Crippen molar-refractivity contribution >= 4 is 5.91 Å². The molecule has 3 heteroatoms. The number of hydrogen-bond donors (Lipinski definition) is 1. The van der Waals surface area contributed by atoms with Gasteiger partial charge in [-0.25, -0.2) is 0 Å². The molecule has 0 aromatic rings. The van der Waals surface area contributed by atoms with Crippen LogP contribution >= 0.6 is 0 Å². The number of hydrogen-bond acceptors (Lipinski definition) is 2. The highest BCUT2D eigenvalue weighted by atomic mass is 16.5. The molecule has 0 spiro atoms. The molecule has 0 radical (unpaired) electrons. The molecule has 0 aliphatic carbocycles. The van der Waals surface area contributed by atoms with Gasteiger partial charge in [-0.1, -0.05) is 0 Å². The van der Waals surface area contributed by atoms with Gasteiger partial charge in [0, 0.05) is 6.54 Å². The van der Waals surface area contributed by atoms with E-state index in [4.69, 9.17) is 4.74 Å². The zero-order chi connectivity index (χ0) is 6.85. The highest BCUT2D eigenvalue weighted by Gasteiger charge is 2.21. The number of nitrogens with one attached hydrogen (secondary N) is 1. The summed E-state index contributed by atoms with van der Waals surface area (Å²) < 4.78 is 5.19. The molecular weight excluding hydrogens is 118 g/mol. The van der Waals surface area contributed by atoms with Crippen LogP contribution in [0.25, 0.3) is 0 Å². The molecule has 1 rings (SSSR count). The van der Waals surface area contributed by atoms with Gasteiger partial charge in [0.1, 0.15) is 6.10 Å². The lowest BCUT2D eigenvalue weighted by molar-refractivity contribution is -0.141. The van der Waals surface area contributed by atoms with Gasteiger partial charge in [-0.2, -0.15) is 0 Å². The van der Waals surface area contributed by atoms with Crippen molar-refractivity contribution in [3.8, 4) is 0 Å². The van der Waals surface area contributed by atoms with Crippen LogP contribution in [-0.2, 0) is 9.53 Å². The van der Waals surface area contributed by atoms with Crippen LogP contribution in [0, 0.1) is 0 Å². The van der Waals surface area contributed by atoms with E-state index in [1.807, 2.05) is 6.92 Å². The first-order valence-corrected chi connectivity index (χ1v) is 3.13. The van der Waals surface area contributed by atoms with E-state index in [1.54, 1.807) is 6.92 Å². The monoisotopic (exact) mass is 129 g/mol. The lowest BCUT2D eigenvalue weighted by Crippen LogP contribution is -2.46. The lowest BCUT2D eigenvalue weighted by atomic mass is 10.3. The minimum absolute atomic E-state index is 0.00639. The summed E-state index contributed by atoms with van der Waals surface area (Å²) in [5, 5.41) is 2.72. The molecular formula is C6H11NO2. The van der Waals surface area contributed by atoms with Gasteiger partial charge in [0.2, 0.25) is 5.91 Å². The molecule has 52 valence electrons. The lowest BCUT2D eigenvalue weighted by Gasteiger charge is -2.24. The summed E-state index contributed by atoms with van der Waals surface area (Å²) in [6.07, 6.45) is -0.105. The van der Waals surface area contributed by atoms with Crippen molar-refractivity contribution in [2.24, 2.45) is 0 Å². The maximum Gasteiger partial charge on any atom is 0.248 e. The van der Waals surface area contributed by atoms with Crippen LogP contribution in [0.5, 0.6) is 0 Å². The van der Waals surface area contributed by atoms with E-state index in [0.717, 1.165) is 0 Å². The fourth-order valence-electron chi connectivity index (χ4n) is 0.846. The van der Waals surface area contributed by atoms with Crippen LogP contribution in [0.4, 0.5) is 0 Å². The number of amides is 1. The van der Waals surface area contributed by atoms with Crippen LogP contribution in [0.3, 0.4) is 0 Å². The molecule has 1 N–H and O–H groups in total.